The summed E-state index contributed by atoms with van der Waals surface area (Å²) < 4.78 is 25.3. The maximum absolute atomic E-state index is 13.5. The van der Waals surface area contributed by atoms with E-state index in [0.717, 1.165) is 21.3 Å². The van der Waals surface area contributed by atoms with Crippen LogP contribution >= 0.6 is 0 Å². The number of benzene rings is 2. The molecule has 1 saturated heterocycles. The van der Waals surface area contributed by atoms with Crippen LogP contribution in [0.4, 0.5) is 0 Å². The molecular formula is C23H25N3O6S. The third kappa shape index (κ3) is 4.62. The van der Waals surface area contributed by atoms with Gasteiger partial charge in [0.05, 0.1) is 6.26 Å². The van der Waals surface area contributed by atoms with E-state index in [0.29, 0.717) is 12.0 Å². The van der Waals surface area contributed by atoms with Gasteiger partial charge in [-0.1, -0.05) is 48.6 Å². The van der Waals surface area contributed by atoms with E-state index in [1.165, 1.54) is 4.90 Å². The van der Waals surface area contributed by atoms with Crippen molar-refractivity contribution in [2.24, 2.45) is 0 Å². The normalized spacial score (nSPS) is 24.1. The number of sulfonamides is 1. The molecule has 0 bridgehead atoms. The van der Waals surface area contributed by atoms with Crippen molar-refractivity contribution in [1.82, 2.24) is 14.5 Å². The summed E-state index contributed by atoms with van der Waals surface area (Å²) in [6, 6.07) is 9.78. The molecule has 2 aliphatic heterocycles. The highest BCUT2D eigenvalue weighted by Gasteiger charge is 2.45. The van der Waals surface area contributed by atoms with Crippen LogP contribution in [-0.2, 0) is 19.6 Å². The summed E-state index contributed by atoms with van der Waals surface area (Å²) in [7, 11) is -3.63. The van der Waals surface area contributed by atoms with E-state index in [9.17, 15) is 27.9 Å². The van der Waals surface area contributed by atoms with Crippen LogP contribution in [0.1, 0.15) is 23.2 Å². The Morgan fingerprint density at radius 2 is 1.73 bits per heavy atom. The molecule has 9 nitrogen and oxygen atoms in total. The Labute approximate surface area is 191 Å². The second-order valence-electron chi connectivity index (χ2n) is 8.33. The van der Waals surface area contributed by atoms with Crippen LogP contribution in [0.25, 0.3) is 10.8 Å². The number of carboxylic acid groups (broad SMARTS) is 1. The smallest absolute Gasteiger partial charge is 0.327 e. The summed E-state index contributed by atoms with van der Waals surface area (Å²) in [5.74, 6) is -2.25. The number of piperazine rings is 1. The maximum Gasteiger partial charge on any atom is 0.327 e. The number of hydrogen-bond donors (Lipinski definition) is 2. The molecule has 2 aromatic carbocycles. The molecule has 3 atom stereocenters. The molecule has 1 fully saturated rings. The summed E-state index contributed by atoms with van der Waals surface area (Å²) in [4.78, 5) is 39.8. The number of hydrogen-bond acceptors (Lipinski definition) is 5. The Hall–Kier alpha value is -3.24. The highest BCUT2D eigenvalue weighted by Crippen LogP contribution is 2.25. The van der Waals surface area contributed by atoms with Crippen molar-refractivity contribution in [3.63, 3.8) is 0 Å². The van der Waals surface area contributed by atoms with Gasteiger partial charge >= 0.3 is 5.97 Å². The predicted molar refractivity (Wildman–Crippen MR) is 122 cm³/mol. The molecule has 0 unspecified atom stereocenters. The van der Waals surface area contributed by atoms with Gasteiger partial charge in [-0.15, -0.1) is 0 Å². The molecular weight excluding hydrogens is 446 g/mol. The molecule has 2 amide bonds. The summed E-state index contributed by atoms with van der Waals surface area (Å²) in [6.07, 6.45) is 5.12. The fraction of sp³-hybridized carbons (Fsp3) is 0.348. The fourth-order valence-electron chi connectivity index (χ4n) is 4.47. The van der Waals surface area contributed by atoms with Crippen molar-refractivity contribution in [3.8, 4) is 0 Å². The number of carbonyl (C=O) groups is 3. The van der Waals surface area contributed by atoms with Crippen molar-refractivity contribution in [2.45, 2.75) is 31.0 Å². The highest BCUT2D eigenvalue weighted by molar-refractivity contribution is 7.88. The van der Waals surface area contributed by atoms with Crippen LogP contribution < -0.4 is 5.32 Å². The molecule has 4 rings (SSSR count). The minimum atomic E-state index is -3.63. The van der Waals surface area contributed by atoms with Crippen molar-refractivity contribution < 1.29 is 27.9 Å². The van der Waals surface area contributed by atoms with E-state index in [1.54, 1.807) is 24.3 Å². The van der Waals surface area contributed by atoms with Gasteiger partial charge in [0, 0.05) is 24.7 Å². The first kappa shape index (κ1) is 22.9. The van der Waals surface area contributed by atoms with Crippen molar-refractivity contribution in [3.05, 3.63) is 60.2 Å². The molecule has 174 valence electrons. The molecule has 33 heavy (non-hydrogen) atoms. The van der Waals surface area contributed by atoms with Gasteiger partial charge in [0.1, 0.15) is 12.1 Å². The number of rotatable bonds is 4. The Balaban J connectivity index is 1.63. The average molecular weight is 472 g/mol. The minimum absolute atomic E-state index is 0.00266. The number of carboxylic acids is 1. The summed E-state index contributed by atoms with van der Waals surface area (Å²) in [6.45, 7) is -0.327. The number of nitrogens with zero attached hydrogens (tertiary/aromatic N) is 2. The lowest BCUT2D eigenvalue weighted by Crippen LogP contribution is -2.66. The topological polar surface area (TPSA) is 124 Å². The number of carbonyl (C=O) groups excluding carboxylic acids is 2. The lowest BCUT2D eigenvalue weighted by Gasteiger charge is -2.45. The molecule has 0 aliphatic carbocycles. The fourth-order valence-corrected chi connectivity index (χ4v) is 5.32. The van der Waals surface area contributed by atoms with Gasteiger partial charge in [-0.2, -0.15) is 4.31 Å². The number of fused-ring (bicyclic) bond motifs is 2. The average Bonchev–Trinajstić information content (AvgIpc) is 2.77. The Kier molecular flexibility index (Phi) is 6.22. The van der Waals surface area contributed by atoms with Gasteiger partial charge in [0.2, 0.25) is 15.9 Å². The molecule has 0 radical (unpaired) electrons. The SMILES string of the molecule is CS(=O)(=O)N1C[C@@H]2CC=CC[C@H](NC(=O)c3cccc4ccccc34)C(=O)N2[C@H](C(=O)O)C1. The minimum Gasteiger partial charge on any atom is -0.480 e. The molecule has 2 aliphatic rings. The number of nitrogens with one attached hydrogen (secondary N) is 1. The van der Waals surface area contributed by atoms with E-state index < -0.39 is 45.9 Å². The second kappa shape index (κ2) is 8.95. The lowest BCUT2D eigenvalue weighted by atomic mass is 9.98. The Bertz CT molecular complexity index is 1240. The molecule has 0 saturated carbocycles. The van der Waals surface area contributed by atoms with E-state index in [1.807, 2.05) is 30.3 Å². The Morgan fingerprint density at radius 3 is 2.45 bits per heavy atom. The van der Waals surface area contributed by atoms with Crippen LogP contribution in [0.2, 0.25) is 0 Å². The molecule has 2 aromatic rings. The van der Waals surface area contributed by atoms with Crippen LogP contribution in [0.3, 0.4) is 0 Å². The molecule has 10 heteroatoms. The first-order valence-corrected chi connectivity index (χ1v) is 12.5. The van der Waals surface area contributed by atoms with Gasteiger partial charge in [0.15, 0.2) is 0 Å². The van der Waals surface area contributed by atoms with Gasteiger partial charge in [-0.3, -0.25) is 9.59 Å². The van der Waals surface area contributed by atoms with Crippen molar-refractivity contribution in [2.75, 3.05) is 19.3 Å². The summed E-state index contributed by atoms with van der Waals surface area (Å²) in [5.41, 5.74) is 0.417. The molecule has 0 aromatic heterocycles. The third-order valence-electron chi connectivity index (χ3n) is 6.11. The van der Waals surface area contributed by atoms with Gasteiger partial charge in [0.25, 0.3) is 5.91 Å². The van der Waals surface area contributed by atoms with Gasteiger partial charge < -0.3 is 15.3 Å². The largest absolute Gasteiger partial charge is 0.480 e. The first-order valence-electron chi connectivity index (χ1n) is 10.6. The van der Waals surface area contributed by atoms with Crippen molar-refractivity contribution >= 4 is 38.6 Å². The number of amides is 2. The monoisotopic (exact) mass is 471 g/mol. The quantitative estimate of drug-likeness (QED) is 0.646. The number of aliphatic carboxylic acids is 1. The van der Waals surface area contributed by atoms with E-state index in [-0.39, 0.29) is 19.5 Å². The van der Waals surface area contributed by atoms with Crippen LogP contribution in [0, 0.1) is 0 Å². The highest BCUT2D eigenvalue weighted by atomic mass is 32.2. The van der Waals surface area contributed by atoms with E-state index in [4.69, 9.17) is 0 Å². The molecule has 0 spiro atoms. The summed E-state index contributed by atoms with van der Waals surface area (Å²) >= 11 is 0. The zero-order chi connectivity index (χ0) is 23.8. The molecule has 2 N–H and O–H groups in total. The molecule has 2 heterocycles. The van der Waals surface area contributed by atoms with Crippen LogP contribution in [0.15, 0.2) is 54.6 Å². The van der Waals surface area contributed by atoms with Crippen LogP contribution in [-0.4, -0.2) is 78.0 Å². The second-order valence-corrected chi connectivity index (χ2v) is 10.3. The Morgan fingerprint density at radius 1 is 1.03 bits per heavy atom. The maximum atomic E-state index is 13.5. The van der Waals surface area contributed by atoms with Crippen molar-refractivity contribution in [1.29, 1.82) is 0 Å². The van der Waals surface area contributed by atoms with Gasteiger partial charge in [-0.25, -0.2) is 13.2 Å². The first-order chi connectivity index (χ1) is 15.7. The standard InChI is InChI=1S/C23H25N3O6S/c1-33(31,32)25-13-16-9-3-5-12-19(22(28)26(16)20(14-25)23(29)30)24-21(27)18-11-6-8-15-7-2-4-10-17(15)18/h2-8,10-11,16,19-20H,9,12-14H2,1H3,(H,24,27)(H,29,30)/t16-,19-,20-/m0/s1. The summed E-state index contributed by atoms with van der Waals surface area (Å²) in [5, 5.41) is 14.2. The van der Waals surface area contributed by atoms with E-state index >= 15 is 0 Å². The zero-order valence-corrected chi connectivity index (χ0v) is 18.9. The third-order valence-corrected chi connectivity index (χ3v) is 7.35. The predicted octanol–water partition coefficient (Wildman–Crippen LogP) is 1.21. The zero-order valence-electron chi connectivity index (χ0n) is 18.0. The van der Waals surface area contributed by atoms with Gasteiger partial charge in [-0.05, 0) is 29.7 Å². The lowest BCUT2D eigenvalue weighted by molar-refractivity contribution is -0.156. The van der Waals surface area contributed by atoms with Crippen LogP contribution in [0.5, 0.6) is 0 Å². The van der Waals surface area contributed by atoms with E-state index in [2.05, 4.69) is 5.32 Å².